The van der Waals surface area contributed by atoms with Gasteiger partial charge in [-0.05, 0) is 26.7 Å². The summed E-state index contributed by atoms with van der Waals surface area (Å²) in [6.45, 7) is 6.97. The van der Waals surface area contributed by atoms with Gasteiger partial charge in [-0.1, -0.05) is 0 Å². The fourth-order valence-electron chi connectivity index (χ4n) is 2.78. The molecule has 2 heterocycles. The van der Waals surface area contributed by atoms with E-state index in [2.05, 4.69) is 13.8 Å². The first kappa shape index (κ1) is 16.4. The monoisotopic (exact) mass is 316 g/mol. The molecule has 2 saturated heterocycles. The zero-order valence-corrected chi connectivity index (χ0v) is 13.5. The van der Waals surface area contributed by atoms with E-state index in [-0.39, 0.29) is 23.5 Å². The SMILES string of the molecule is CC1(C)CN(C(=O)N2CCC(OCC(=O)O)CC2)CCS1. The molecule has 0 aromatic heterocycles. The lowest BCUT2D eigenvalue weighted by atomic mass is 10.1. The van der Waals surface area contributed by atoms with Gasteiger partial charge in [-0.15, -0.1) is 0 Å². The fourth-order valence-corrected chi connectivity index (χ4v) is 3.89. The van der Waals surface area contributed by atoms with Crippen LogP contribution in [0, 0.1) is 0 Å². The van der Waals surface area contributed by atoms with E-state index in [1.54, 1.807) is 0 Å². The number of piperidine rings is 1. The second-order valence-corrected chi connectivity index (χ2v) is 8.01. The molecule has 0 unspecified atom stereocenters. The third-order valence-corrected chi connectivity index (χ3v) is 5.15. The van der Waals surface area contributed by atoms with Crippen LogP contribution in [0.5, 0.6) is 0 Å². The van der Waals surface area contributed by atoms with Gasteiger partial charge in [-0.2, -0.15) is 11.8 Å². The van der Waals surface area contributed by atoms with Crippen LogP contribution in [0.4, 0.5) is 4.79 Å². The Morgan fingerprint density at radius 3 is 2.48 bits per heavy atom. The number of amides is 2. The van der Waals surface area contributed by atoms with Crippen LogP contribution in [0.15, 0.2) is 0 Å². The van der Waals surface area contributed by atoms with E-state index in [0.29, 0.717) is 25.9 Å². The molecule has 7 heteroatoms. The Labute approximate surface area is 129 Å². The molecule has 2 rings (SSSR count). The minimum Gasteiger partial charge on any atom is -0.480 e. The van der Waals surface area contributed by atoms with Gasteiger partial charge >= 0.3 is 12.0 Å². The number of thioether (sulfide) groups is 1. The van der Waals surface area contributed by atoms with Gasteiger partial charge in [0, 0.05) is 36.7 Å². The zero-order chi connectivity index (χ0) is 15.5. The van der Waals surface area contributed by atoms with E-state index in [4.69, 9.17) is 9.84 Å². The maximum Gasteiger partial charge on any atom is 0.329 e. The van der Waals surface area contributed by atoms with Crippen LogP contribution in [-0.2, 0) is 9.53 Å². The lowest BCUT2D eigenvalue weighted by Crippen LogP contribution is -2.53. The first-order valence-corrected chi connectivity index (χ1v) is 8.37. The van der Waals surface area contributed by atoms with Gasteiger partial charge in [0.15, 0.2) is 0 Å². The molecule has 0 radical (unpaired) electrons. The number of nitrogens with zero attached hydrogens (tertiary/aromatic N) is 2. The van der Waals surface area contributed by atoms with Gasteiger partial charge in [0.25, 0.3) is 0 Å². The van der Waals surface area contributed by atoms with Crippen molar-refractivity contribution in [3.63, 3.8) is 0 Å². The minimum atomic E-state index is -0.943. The molecule has 2 aliphatic heterocycles. The molecular formula is C14H24N2O4S. The Kier molecular flexibility index (Phi) is 5.37. The summed E-state index contributed by atoms with van der Waals surface area (Å²) in [7, 11) is 0. The summed E-state index contributed by atoms with van der Waals surface area (Å²) in [6, 6.07) is 0.111. The lowest BCUT2D eigenvalue weighted by Gasteiger charge is -2.41. The Hall–Kier alpha value is -0.950. The van der Waals surface area contributed by atoms with Gasteiger partial charge in [-0.3, -0.25) is 0 Å². The smallest absolute Gasteiger partial charge is 0.329 e. The number of hydrogen-bond acceptors (Lipinski definition) is 4. The number of hydrogen-bond donors (Lipinski definition) is 1. The van der Waals surface area contributed by atoms with E-state index in [1.165, 1.54) is 0 Å². The molecule has 2 amide bonds. The number of rotatable bonds is 3. The third-order valence-electron chi connectivity index (χ3n) is 3.85. The van der Waals surface area contributed by atoms with Gasteiger partial charge in [0.05, 0.1) is 6.10 Å². The van der Waals surface area contributed by atoms with Crippen LogP contribution in [0.3, 0.4) is 0 Å². The van der Waals surface area contributed by atoms with Crippen molar-refractivity contribution >= 4 is 23.8 Å². The minimum absolute atomic E-state index is 0.0431. The van der Waals surface area contributed by atoms with Crippen molar-refractivity contribution in [2.75, 3.05) is 38.5 Å². The topological polar surface area (TPSA) is 70.1 Å². The highest BCUT2D eigenvalue weighted by Crippen LogP contribution is 2.30. The molecule has 120 valence electrons. The molecular weight excluding hydrogens is 292 g/mol. The van der Waals surface area contributed by atoms with Gasteiger partial charge in [0.1, 0.15) is 6.61 Å². The lowest BCUT2D eigenvalue weighted by molar-refractivity contribution is -0.145. The van der Waals surface area contributed by atoms with Crippen molar-refractivity contribution in [1.29, 1.82) is 0 Å². The largest absolute Gasteiger partial charge is 0.480 e. The predicted octanol–water partition coefficient (Wildman–Crippen LogP) is 1.50. The quantitative estimate of drug-likeness (QED) is 0.854. The van der Waals surface area contributed by atoms with Gasteiger partial charge in [0.2, 0.25) is 0 Å². The van der Waals surface area contributed by atoms with Crippen molar-refractivity contribution in [3.8, 4) is 0 Å². The summed E-state index contributed by atoms with van der Waals surface area (Å²) in [5.41, 5.74) is 0. The highest BCUT2D eigenvalue weighted by molar-refractivity contribution is 8.00. The van der Waals surface area contributed by atoms with Crippen LogP contribution < -0.4 is 0 Å². The summed E-state index contributed by atoms with van der Waals surface area (Å²) in [5.74, 6) is 0.0401. The summed E-state index contributed by atoms with van der Waals surface area (Å²) < 4.78 is 5.42. The van der Waals surface area contributed by atoms with Crippen molar-refractivity contribution in [3.05, 3.63) is 0 Å². The second kappa shape index (κ2) is 6.87. The van der Waals surface area contributed by atoms with Crippen molar-refractivity contribution in [1.82, 2.24) is 9.80 Å². The molecule has 21 heavy (non-hydrogen) atoms. The molecule has 2 aliphatic rings. The normalized spacial score (nSPS) is 23.1. The fraction of sp³-hybridized carbons (Fsp3) is 0.857. The summed E-state index contributed by atoms with van der Waals surface area (Å²) in [4.78, 5) is 26.8. The summed E-state index contributed by atoms with van der Waals surface area (Å²) in [5, 5.41) is 8.61. The number of likely N-dealkylation sites (tertiary alicyclic amines) is 1. The molecule has 0 spiro atoms. The molecule has 0 saturated carbocycles. The Bertz CT molecular complexity index is 394. The van der Waals surface area contributed by atoms with E-state index in [1.807, 2.05) is 21.6 Å². The van der Waals surface area contributed by atoms with Crippen molar-refractivity contribution in [2.24, 2.45) is 0 Å². The van der Waals surface area contributed by atoms with Crippen LogP contribution in [-0.4, -0.2) is 76.3 Å². The van der Waals surface area contributed by atoms with E-state index >= 15 is 0 Å². The number of carboxylic acid groups (broad SMARTS) is 1. The molecule has 0 bridgehead atoms. The molecule has 0 atom stereocenters. The van der Waals surface area contributed by atoms with Gasteiger partial charge < -0.3 is 19.6 Å². The Morgan fingerprint density at radius 1 is 1.24 bits per heavy atom. The first-order valence-electron chi connectivity index (χ1n) is 7.38. The second-order valence-electron chi connectivity index (χ2n) is 6.20. The number of carbonyl (C=O) groups is 2. The molecule has 0 aromatic rings. The van der Waals surface area contributed by atoms with E-state index in [9.17, 15) is 9.59 Å². The van der Waals surface area contributed by atoms with Crippen LogP contribution in [0.2, 0.25) is 0 Å². The maximum absolute atomic E-state index is 12.5. The molecule has 2 fully saturated rings. The molecule has 6 nitrogen and oxygen atoms in total. The molecule has 0 aliphatic carbocycles. The maximum atomic E-state index is 12.5. The third kappa shape index (κ3) is 4.78. The van der Waals surface area contributed by atoms with E-state index in [0.717, 1.165) is 18.8 Å². The number of carboxylic acids is 1. The number of carbonyl (C=O) groups excluding carboxylic acids is 1. The Balaban J connectivity index is 1.79. The van der Waals surface area contributed by atoms with Crippen LogP contribution in [0.25, 0.3) is 0 Å². The number of urea groups is 1. The Morgan fingerprint density at radius 2 is 1.90 bits per heavy atom. The average Bonchev–Trinajstić information content (AvgIpc) is 2.44. The molecule has 0 aromatic carbocycles. The van der Waals surface area contributed by atoms with E-state index < -0.39 is 5.97 Å². The molecule has 1 N–H and O–H groups in total. The standard InChI is InChI=1S/C14H24N2O4S/c1-14(2)10-16(7-8-21-14)13(19)15-5-3-11(4-6-15)20-9-12(17)18/h11H,3-10H2,1-2H3,(H,17,18). The summed E-state index contributed by atoms with van der Waals surface area (Å²) in [6.07, 6.45) is 1.38. The number of ether oxygens (including phenoxy) is 1. The van der Waals surface area contributed by atoms with Crippen LogP contribution in [0.1, 0.15) is 26.7 Å². The summed E-state index contributed by atoms with van der Waals surface area (Å²) >= 11 is 1.91. The predicted molar refractivity (Wildman–Crippen MR) is 81.7 cm³/mol. The van der Waals surface area contributed by atoms with Crippen LogP contribution >= 0.6 is 11.8 Å². The van der Waals surface area contributed by atoms with Crippen molar-refractivity contribution in [2.45, 2.75) is 37.5 Å². The highest BCUT2D eigenvalue weighted by Gasteiger charge is 2.33. The average molecular weight is 316 g/mol. The number of aliphatic carboxylic acids is 1. The zero-order valence-electron chi connectivity index (χ0n) is 12.7. The van der Waals surface area contributed by atoms with Crippen molar-refractivity contribution < 1.29 is 19.4 Å². The highest BCUT2D eigenvalue weighted by atomic mass is 32.2. The van der Waals surface area contributed by atoms with Gasteiger partial charge in [-0.25, -0.2) is 9.59 Å². The first-order chi connectivity index (χ1) is 9.87.